The number of methoxy groups -OCH3 is 1. The number of halogens is 1. The van der Waals surface area contributed by atoms with Gasteiger partial charge in [-0.15, -0.1) is 0 Å². The molecule has 24 heavy (non-hydrogen) atoms. The quantitative estimate of drug-likeness (QED) is 0.769. The largest absolute Gasteiger partial charge is 0.493 e. The Balaban J connectivity index is 2.08. The summed E-state index contributed by atoms with van der Waals surface area (Å²) in [6.45, 7) is 2.46. The highest BCUT2D eigenvalue weighted by Crippen LogP contribution is 2.36. The summed E-state index contributed by atoms with van der Waals surface area (Å²) in [5, 5.41) is 3.81. The monoisotopic (exact) mass is 348 g/mol. The zero-order chi connectivity index (χ0) is 17.5. The summed E-state index contributed by atoms with van der Waals surface area (Å²) in [4.78, 5) is 10.9. The minimum atomic E-state index is -0.574. The predicted molar refractivity (Wildman–Crippen MR) is 94.4 cm³/mol. The van der Waals surface area contributed by atoms with Gasteiger partial charge in [0.05, 0.1) is 12.1 Å². The number of hydrogen-bond acceptors (Lipinski definition) is 4. The summed E-state index contributed by atoms with van der Waals surface area (Å²) < 4.78 is 10.6. The van der Waals surface area contributed by atoms with E-state index in [-0.39, 0.29) is 12.6 Å². The number of carbonyl (C=O) groups excluding carboxylic acids is 1. The van der Waals surface area contributed by atoms with Gasteiger partial charge >= 0.3 is 0 Å². The van der Waals surface area contributed by atoms with Gasteiger partial charge in [0.15, 0.2) is 18.1 Å². The van der Waals surface area contributed by atoms with Gasteiger partial charge < -0.3 is 20.5 Å². The Bertz CT molecular complexity index is 692. The lowest BCUT2D eigenvalue weighted by Gasteiger charge is -2.16. The topological polar surface area (TPSA) is 73.6 Å². The highest BCUT2D eigenvalue weighted by Gasteiger charge is 2.14. The van der Waals surface area contributed by atoms with Gasteiger partial charge in [0.2, 0.25) is 0 Å². The minimum Gasteiger partial charge on any atom is -0.493 e. The highest BCUT2D eigenvalue weighted by molar-refractivity contribution is 6.32. The molecule has 0 aliphatic heterocycles. The SMILES string of the molecule is COc1cc(CN[C@H](C)c2ccccc2)cc(Cl)c1OCC(N)=O. The molecule has 2 aromatic rings. The zero-order valence-electron chi connectivity index (χ0n) is 13.7. The van der Waals surface area contributed by atoms with Crippen LogP contribution < -0.4 is 20.5 Å². The van der Waals surface area contributed by atoms with Crippen molar-refractivity contribution < 1.29 is 14.3 Å². The van der Waals surface area contributed by atoms with Crippen molar-refractivity contribution in [2.45, 2.75) is 19.5 Å². The number of amides is 1. The Morgan fingerprint density at radius 1 is 1.29 bits per heavy atom. The molecule has 0 heterocycles. The number of benzene rings is 2. The second kappa shape index (κ2) is 8.57. The summed E-state index contributed by atoms with van der Waals surface area (Å²) in [7, 11) is 1.52. The van der Waals surface area contributed by atoms with Crippen molar-refractivity contribution >= 4 is 17.5 Å². The van der Waals surface area contributed by atoms with Crippen LogP contribution in [0.3, 0.4) is 0 Å². The predicted octanol–water partition coefficient (Wildman–Crippen LogP) is 3.06. The van der Waals surface area contributed by atoms with Crippen LogP contribution in [0, 0.1) is 0 Å². The maximum atomic E-state index is 10.9. The Labute approximate surface area is 146 Å². The van der Waals surface area contributed by atoms with E-state index in [1.165, 1.54) is 12.7 Å². The third-order valence-corrected chi connectivity index (χ3v) is 3.84. The first-order valence-electron chi connectivity index (χ1n) is 7.57. The van der Waals surface area contributed by atoms with Crippen LogP contribution in [0.1, 0.15) is 24.1 Å². The van der Waals surface area contributed by atoms with Crippen LogP contribution in [-0.4, -0.2) is 19.6 Å². The molecule has 128 valence electrons. The smallest absolute Gasteiger partial charge is 0.255 e. The van der Waals surface area contributed by atoms with Crippen LogP contribution in [0.25, 0.3) is 0 Å². The molecule has 0 aliphatic rings. The lowest BCUT2D eigenvalue weighted by molar-refractivity contribution is -0.119. The third kappa shape index (κ3) is 4.88. The molecule has 0 unspecified atom stereocenters. The Morgan fingerprint density at radius 2 is 2.00 bits per heavy atom. The molecule has 0 bridgehead atoms. The van der Waals surface area contributed by atoms with Gasteiger partial charge in [-0.2, -0.15) is 0 Å². The van der Waals surface area contributed by atoms with Crippen molar-refractivity contribution in [3.63, 3.8) is 0 Å². The van der Waals surface area contributed by atoms with Gasteiger partial charge in [0, 0.05) is 12.6 Å². The number of primary amides is 1. The van der Waals surface area contributed by atoms with Crippen molar-refractivity contribution in [3.8, 4) is 11.5 Å². The lowest BCUT2D eigenvalue weighted by Crippen LogP contribution is -2.20. The molecule has 0 aliphatic carbocycles. The number of carbonyl (C=O) groups is 1. The molecule has 6 heteroatoms. The molecule has 5 nitrogen and oxygen atoms in total. The summed E-state index contributed by atoms with van der Waals surface area (Å²) in [6, 6.07) is 14.0. The highest BCUT2D eigenvalue weighted by atomic mass is 35.5. The van der Waals surface area contributed by atoms with E-state index in [2.05, 4.69) is 24.4 Å². The van der Waals surface area contributed by atoms with Gasteiger partial charge in [-0.25, -0.2) is 0 Å². The van der Waals surface area contributed by atoms with Gasteiger partial charge in [-0.1, -0.05) is 41.9 Å². The van der Waals surface area contributed by atoms with Crippen molar-refractivity contribution in [2.75, 3.05) is 13.7 Å². The number of ether oxygens (including phenoxy) is 2. The van der Waals surface area contributed by atoms with Crippen LogP contribution in [0.15, 0.2) is 42.5 Å². The Morgan fingerprint density at radius 3 is 2.62 bits per heavy atom. The summed E-state index contributed by atoms with van der Waals surface area (Å²) >= 11 is 6.24. The second-order valence-corrected chi connectivity index (χ2v) is 5.78. The molecule has 1 amide bonds. The molecular weight excluding hydrogens is 328 g/mol. The van der Waals surface area contributed by atoms with Gasteiger partial charge in [-0.3, -0.25) is 4.79 Å². The Kier molecular flexibility index (Phi) is 6.46. The van der Waals surface area contributed by atoms with E-state index in [0.29, 0.717) is 23.1 Å². The van der Waals surface area contributed by atoms with Crippen molar-refractivity contribution in [1.29, 1.82) is 0 Å². The average molecular weight is 349 g/mol. The van der Waals surface area contributed by atoms with Crippen molar-refractivity contribution in [2.24, 2.45) is 5.73 Å². The number of nitrogens with two attached hydrogens (primary N) is 1. The summed E-state index contributed by atoms with van der Waals surface area (Å²) in [5.41, 5.74) is 7.25. The summed E-state index contributed by atoms with van der Waals surface area (Å²) in [6.07, 6.45) is 0. The van der Waals surface area contributed by atoms with Crippen LogP contribution in [0.4, 0.5) is 0 Å². The molecule has 2 rings (SSSR count). The molecular formula is C18H21ClN2O3. The molecule has 0 saturated heterocycles. The standard InChI is InChI=1S/C18H21ClN2O3/c1-12(14-6-4-3-5-7-14)21-10-13-8-15(19)18(16(9-13)23-2)24-11-17(20)22/h3-9,12,21H,10-11H2,1-2H3,(H2,20,22)/t12-/m1/s1. The average Bonchev–Trinajstić information content (AvgIpc) is 2.58. The molecule has 0 aromatic heterocycles. The molecule has 0 spiro atoms. The van der Waals surface area contributed by atoms with Crippen molar-refractivity contribution in [3.05, 3.63) is 58.6 Å². The fraction of sp³-hybridized carbons (Fsp3) is 0.278. The van der Waals surface area contributed by atoms with Crippen LogP contribution in [0.5, 0.6) is 11.5 Å². The van der Waals surface area contributed by atoms with E-state index in [1.54, 1.807) is 6.07 Å². The van der Waals surface area contributed by atoms with E-state index in [1.807, 2.05) is 24.3 Å². The first kappa shape index (κ1) is 18.1. The van der Waals surface area contributed by atoms with Crippen LogP contribution in [0.2, 0.25) is 5.02 Å². The fourth-order valence-corrected chi connectivity index (χ4v) is 2.58. The van der Waals surface area contributed by atoms with E-state index < -0.39 is 5.91 Å². The minimum absolute atomic E-state index is 0.196. The van der Waals surface area contributed by atoms with E-state index in [4.69, 9.17) is 26.8 Å². The summed E-state index contributed by atoms with van der Waals surface area (Å²) in [5.74, 6) is 0.210. The lowest BCUT2D eigenvalue weighted by atomic mass is 10.1. The number of rotatable bonds is 8. The zero-order valence-corrected chi connectivity index (χ0v) is 14.5. The fourth-order valence-electron chi connectivity index (χ4n) is 2.29. The molecule has 0 fully saturated rings. The number of nitrogens with one attached hydrogen (secondary N) is 1. The van der Waals surface area contributed by atoms with Gasteiger partial charge in [-0.05, 0) is 30.2 Å². The molecule has 3 N–H and O–H groups in total. The normalized spacial score (nSPS) is 11.8. The first-order chi connectivity index (χ1) is 11.5. The van der Waals surface area contributed by atoms with Crippen molar-refractivity contribution in [1.82, 2.24) is 5.32 Å². The second-order valence-electron chi connectivity index (χ2n) is 5.38. The van der Waals surface area contributed by atoms with Crippen LogP contribution in [-0.2, 0) is 11.3 Å². The maximum Gasteiger partial charge on any atom is 0.255 e. The Hall–Kier alpha value is -2.24. The van der Waals surface area contributed by atoms with E-state index in [0.717, 1.165) is 5.56 Å². The van der Waals surface area contributed by atoms with Crippen LogP contribution >= 0.6 is 11.6 Å². The first-order valence-corrected chi connectivity index (χ1v) is 7.95. The van der Waals surface area contributed by atoms with Gasteiger partial charge in [0.1, 0.15) is 0 Å². The maximum absolute atomic E-state index is 10.9. The molecule has 1 atom stereocenters. The molecule has 0 saturated carbocycles. The molecule has 2 aromatic carbocycles. The molecule has 0 radical (unpaired) electrons. The van der Waals surface area contributed by atoms with E-state index in [9.17, 15) is 4.79 Å². The third-order valence-electron chi connectivity index (χ3n) is 3.56. The van der Waals surface area contributed by atoms with Gasteiger partial charge in [0.25, 0.3) is 5.91 Å². The number of hydrogen-bond donors (Lipinski definition) is 2. The van der Waals surface area contributed by atoms with E-state index >= 15 is 0 Å².